The Morgan fingerprint density at radius 2 is 2.23 bits per heavy atom. The van der Waals surface area contributed by atoms with Crippen molar-refractivity contribution in [2.24, 2.45) is 0 Å². The lowest BCUT2D eigenvalue weighted by atomic mass is 9.87. The number of urea groups is 1. The average molecular weight is 306 g/mol. The monoisotopic (exact) mass is 306 g/mol. The first-order valence-electron chi connectivity index (χ1n) is 8.04. The van der Waals surface area contributed by atoms with Gasteiger partial charge < -0.3 is 9.64 Å². The van der Waals surface area contributed by atoms with Crippen molar-refractivity contribution < 1.29 is 14.4 Å². The number of ether oxygens (including phenoxy) is 1. The van der Waals surface area contributed by atoms with E-state index in [0.29, 0.717) is 6.61 Å². The number of fused-ring (bicyclic) bond motifs is 1. The zero-order valence-corrected chi connectivity index (χ0v) is 13.7. The zero-order valence-electron chi connectivity index (χ0n) is 13.7. The van der Waals surface area contributed by atoms with Crippen molar-refractivity contribution >= 4 is 6.03 Å². The minimum absolute atomic E-state index is 0.139. The van der Waals surface area contributed by atoms with E-state index in [1.54, 1.807) is 7.11 Å². The van der Waals surface area contributed by atoms with Crippen molar-refractivity contribution in [2.75, 3.05) is 20.3 Å². The second kappa shape index (κ2) is 8.03. The van der Waals surface area contributed by atoms with Gasteiger partial charge in [-0.3, -0.25) is 4.84 Å². The van der Waals surface area contributed by atoms with E-state index in [1.165, 1.54) is 11.1 Å². The SMILES string of the molecule is CCCN(C(=O)NOCC)C1CCc2c(cccc2OC)C1. The highest BCUT2D eigenvalue weighted by atomic mass is 16.7. The molecule has 1 aromatic carbocycles. The molecule has 122 valence electrons. The fraction of sp³-hybridized carbons (Fsp3) is 0.588. The molecule has 0 spiro atoms. The Morgan fingerprint density at radius 1 is 1.41 bits per heavy atom. The van der Waals surface area contributed by atoms with E-state index >= 15 is 0 Å². The molecule has 5 nitrogen and oxygen atoms in total. The number of carbonyl (C=O) groups excluding carboxylic acids is 1. The number of hydrogen-bond acceptors (Lipinski definition) is 3. The van der Waals surface area contributed by atoms with Gasteiger partial charge >= 0.3 is 6.03 Å². The quantitative estimate of drug-likeness (QED) is 0.822. The van der Waals surface area contributed by atoms with Crippen LogP contribution < -0.4 is 10.2 Å². The Balaban J connectivity index is 2.12. The van der Waals surface area contributed by atoms with E-state index in [0.717, 1.165) is 38.0 Å². The van der Waals surface area contributed by atoms with Crippen LogP contribution >= 0.6 is 0 Å². The lowest BCUT2D eigenvalue weighted by Gasteiger charge is -2.35. The highest BCUT2D eigenvalue weighted by Gasteiger charge is 2.28. The maximum absolute atomic E-state index is 12.3. The van der Waals surface area contributed by atoms with Crippen LogP contribution in [0, 0.1) is 0 Å². The van der Waals surface area contributed by atoms with Gasteiger partial charge in [0.25, 0.3) is 0 Å². The summed E-state index contributed by atoms with van der Waals surface area (Å²) in [6, 6.07) is 6.23. The molecule has 1 aliphatic carbocycles. The van der Waals surface area contributed by atoms with E-state index < -0.39 is 0 Å². The Bertz CT molecular complexity index is 505. The summed E-state index contributed by atoms with van der Waals surface area (Å²) < 4.78 is 5.44. The number of hydroxylamine groups is 1. The van der Waals surface area contributed by atoms with E-state index in [2.05, 4.69) is 18.5 Å². The van der Waals surface area contributed by atoms with Crippen LogP contribution in [0.1, 0.15) is 37.8 Å². The van der Waals surface area contributed by atoms with E-state index in [9.17, 15) is 4.79 Å². The number of rotatable bonds is 6. The molecule has 1 N–H and O–H groups in total. The van der Waals surface area contributed by atoms with Gasteiger partial charge in [-0.1, -0.05) is 19.1 Å². The summed E-state index contributed by atoms with van der Waals surface area (Å²) in [6.45, 7) is 5.15. The predicted molar refractivity (Wildman–Crippen MR) is 86.0 cm³/mol. The summed E-state index contributed by atoms with van der Waals surface area (Å²) in [6.07, 6.45) is 3.69. The molecule has 1 aromatic rings. The molecule has 0 aromatic heterocycles. The summed E-state index contributed by atoms with van der Waals surface area (Å²) in [4.78, 5) is 19.3. The molecule has 0 aliphatic heterocycles. The molecule has 1 atom stereocenters. The van der Waals surface area contributed by atoms with E-state index in [-0.39, 0.29) is 12.1 Å². The topological polar surface area (TPSA) is 50.8 Å². The van der Waals surface area contributed by atoms with Crippen LogP contribution in [0.4, 0.5) is 4.79 Å². The molecule has 0 saturated carbocycles. The minimum Gasteiger partial charge on any atom is -0.496 e. The molecule has 5 heteroatoms. The number of carbonyl (C=O) groups is 1. The molecule has 1 aliphatic rings. The molecule has 0 fully saturated rings. The van der Waals surface area contributed by atoms with Gasteiger partial charge in [0.15, 0.2) is 0 Å². The lowest BCUT2D eigenvalue weighted by molar-refractivity contribution is 0.0484. The normalized spacial score (nSPS) is 16.8. The number of methoxy groups -OCH3 is 1. The molecule has 0 heterocycles. The zero-order chi connectivity index (χ0) is 15.9. The second-order valence-electron chi connectivity index (χ2n) is 5.53. The van der Waals surface area contributed by atoms with Crippen LogP contribution in [0.2, 0.25) is 0 Å². The summed E-state index contributed by atoms with van der Waals surface area (Å²) in [7, 11) is 1.71. The Hall–Kier alpha value is -1.75. The largest absolute Gasteiger partial charge is 0.496 e. The third kappa shape index (κ3) is 3.71. The van der Waals surface area contributed by atoms with Crippen molar-refractivity contribution in [3.05, 3.63) is 29.3 Å². The molecular formula is C17H26N2O3. The average Bonchev–Trinajstić information content (AvgIpc) is 2.56. The predicted octanol–water partition coefficient (Wildman–Crippen LogP) is 2.93. The Labute approximate surface area is 132 Å². The lowest BCUT2D eigenvalue weighted by Crippen LogP contribution is -2.48. The first kappa shape index (κ1) is 16.6. The Morgan fingerprint density at radius 3 is 2.91 bits per heavy atom. The molecule has 1 unspecified atom stereocenters. The summed E-state index contributed by atoms with van der Waals surface area (Å²) in [5.74, 6) is 0.955. The van der Waals surface area contributed by atoms with Crippen LogP contribution in [0.15, 0.2) is 18.2 Å². The van der Waals surface area contributed by atoms with Crippen LogP contribution in [0.5, 0.6) is 5.75 Å². The van der Waals surface area contributed by atoms with Crippen LogP contribution in [0.25, 0.3) is 0 Å². The van der Waals surface area contributed by atoms with Gasteiger partial charge in [0.05, 0.1) is 13.7 Å². The summed E-state index contributed by atoms with van der Waals surface area (Å²) >= 11 is 0. The molecule has 22 heavy (non-hydrogen) atoms. The smallest absolute Gasteiger partial charge is 0.341 e. The highest BCUT2D eigenvalue weighted by molar-refractivity contribution is 5.73. The van der Waals surface area contributed by atoms with Crippen molar-refractivity contribution in [1.82, 2.24) is 10.4 Å². The molecule has 2 amide bonds. The number of amides is 2. The number of nitrogens with zero attached hydrogens (tertiary/aromatic N) is 1. The maximum atomic E-state index is 12.3. The third-order valence-electron chi connectivity index (χ3n) is 4.10. The molecule has 0 radical (unpaired) electrons. The third-order valence-corrected chi connectivity index (χ3v) is 4.10. The van der Waals surface area contributed by atoms with E-state index in [1.807, 2.05) is 24.0 Å². The van der Waals surface area contributed by atoms with Gasteiger partial charge in [-0.05, 0) is 49.8 Å². The van der Waals surface area contributed by atoms with Gasteiger partial charge in [0, 0.05) is 12.6 Å². The van der Waals surface area contributed by atoms with Gasteiger partial charge in [-0.2, -0.15) is 0 Å². The number of nitrogens with one attached hydrogen (secondary N) is 1. The molecular weight excluding hydrogens is 280 g/mol. The summed E-state index contributed by atoms with van der Waals surface area (Å²) in [5.41, 5.74) is 5.08. The fourth-order valence-electron chi connectivity index (χ4n) is 3.09. The van der Waals surface area contributed by atoms with Crippen LogP contribution in [0.3, 0.4) is 0 Å². The first-order chi connectivity index (χ1) is 10.7. The van der Waals surface area contributed by atoms with Gasteiger partial charge in [-0.25, -0.2) is 10.3 Å². The number of hydrogen-bond donors (Lipinski definition) is 1. The fourth-order valence-corrected chi connectivity index (χ4v) is 3.09. The standard InChI is InChI=1S/C17H26N2O3/c1-4-11-19(17(20)18-22-5-2)14-9-10-15-13(12-14)7-6-8-16(15)21-3/h6-8,14H,4-5,9-12H2,1-3H3,(H,18,20). The Kier molecular flexibility index (Phi) is 6.07. The highest BCUT2D eigenvalue weighted by Crippen LogP contribution is 2.31. The number of benzene rings is 1. The molecule has 0 bridgehead atoms. The minimum atomic E-state index is -0.139. The van der Waals surface area contributed by atoms with Crippen LogP contribution in [-0.4, -0.2) is 37.2 Å². The van der Waals surface area contributed by atoms with Crippen molar-refractivity contribution in [3.8, 4) is 5.75 Å². The van der Waals surface area contributed by atoms with Crippen LogP contribution in [-0.2, 0) is 17.7 Å². The molecule has 2 rings (SSSR count). The van der Waals surface area contributed by atoms with Crippen molar-refractivity contribution in [2.45, 2.75) is 45.6 Å². The van der Waals surface area contributed by atoms with Gasteiger partial charge in [0.1, 0.15) is 5.75 Å². The molecule has 0 saturated heterocycles. The van der Waals surface area contributed by atoms with E-state index in [4.69, 9.17) is 9.57 Å². The summed E-state index contributed by atoms with van der Waals surface area (Å²) in [5, 5.41) is 0. The first-order valence-corrected chi connectivity index (χ1v) is 8.04. The maximum Gasteiger partial charge on any atom is 0.341 e. The van der Waals surface area contributed by atoms with Gasteiger partial charge in [0.2, 0.25) is 0 Å². The van der Waals surface area contributed by atoms with Crippen molar-refractivity contribution in [1.29, 1.82) is 0 Å². The second-order valence-corrected chi connectivity index (χ2v) is 5.53. The van der Waals surface area contributed by atoms with Crippen molar-refractivity contribution in [3.63, 3.8) is 0 Å². The van der Waals surface area contributed by atoms with Gasteiger partial charge in [-0.15, -0.1) is 0 Å².